The minimum Gasteiger partial charge on any atom is -0.371 e. The van der Waals surface area contributed by atoms with Gasteiger partial charge < -0.3 is 9.64 Å². The zero-order valence-electron chi connectivity index (χ0n) is 14.8. The monoisotopic (exact) mass is 359 g/mol. The van der Waals surface area contributed by atoms with Crippen molar-refractivity contribution in [3.8, 4) is 0 Å². The van der Waals surface area contributed by atoms with Crippen LogP contribution < -0.4 is 0 Å². The van der Waals surface area contributed by atoms with Crippen molar-refractivity contribution >= 4 is 5.91 Å². The average Bonchev–Trinajstić information content (AvgIpc) is 2.94. The highest BCUT2D eigenvalue weighted by Gasteiger charge is 2.49. The van der Waals surface area contributed by atoms with Gasteiger partial charge in [-0.3, -0.25) is 4.79 Å². The Kier molecular flexibility index (Phi) is 5.67. The first kappa shape index (κ1) is 18.5. The van der Waals surface area contributed by atoms with Gasteiger partial charge in [0.2, 0.25) is 5.91 Å². The molecule has 1 fully saturated rings. The van der Waals surface area contributed by atoms with Gasteiger partial charge in [0.05, 0.1) is 18.8 Å². The number of carbonyl (C=O) groups excluding carboxylic acids is 1. The molecule has 26 heavy (non-hydrogen) atoms. The van der Waals surface area contributed by atoms with Crippen LogP contribution in [-0.2, 0) is 22.7 Å². The number of benzene rings is 2. The number of nitrogens with zero attached hydrogens (tertiary/aromatic N) is 1. The van der Waals surface area contributed by atoms with E-state index in [2.05, 4.69) is 0 Å². The lowest BCUT2D eigenvalue weighted by Gasteiger charge is -2.32. The number of hydrogen-bond donors (Lipinski definition) is 0. The third-order valence-corrected chi connectivity index (χ3v) is 4.74. The van der Waals surface area contributed by atoms with E-state index in [1.165, 1.54) is 11.8 Å². The van der Waals surface area contributed by atoms with Gasteiger partial charge in [0.25, 0.3) is 5.92 Å². The van der Waals surface area contributed by atoms with Crippen LogP contribution in [0.25, 0.3) is 0 Å². The van der Waals surface area contributed by atoms with E-state index in [1.54, 1.807) is 0 Å². The van der Waals surface area contributed by atoms with Crippen LogP contribution in [-0.4, -0.2) is 28.9 Å². The van der Waals surface area contributed by atoms with Crippen LogP contribution in [0.4, 0.5) is 8.78 Å². The minimum absolute atomic E-state index is 0.218. The van der Waals surface area contributed by atoms with Crippen molar-refractivity contribution in [2.24, 2.45) is 0 Å². The molecule has 0 bridgehead atoms. The zero-order valence-corrected chi connectivity index (χ0v) is 14.8. The normalized spacial score (nSPS) is 21.5. The fourth-order valence-corrected chi connectivity index (χ4v) is 3.45. The molecule has 3 nitrogen and oxygen atoms in total. The molecule has 138 valence electrons. The van der Waals surface area contributed by atoms with Crippen molar-refractivity contribution in [3.63, 3.8) is 0 Å². The molecule has 0 spiro atoms. The molecule has 0 saturated heterocycles. The van der Waals surface area contributed by atoms with Crippen LogP contribution >= 0.6 is 0 Å². The first-order valence-electron chi connectivity index (χ1n) is 8.79. The quantitative estimate of drug-likeness (QED) is 0.764. The summed E-state index contributed by atoms with van der Waals surface area (Å²) in [7, 11) is 0. The predicted molar refractivity (Wildman–Crippen MR) is 95.7 cm³/mol. The first-order valence-corrected chi connectivity index (χ1v) is 8.79. The highest BCUT2D eigenvalue weighted by Crippen LogP contribution is 2.40. The lowest BCUT2D eigenvalue weighted by Crippen LogP contribution is -2.44. The fourth-order valence-electron chi connectivity index (χ4n) is 3.45. The Bertz CT molecular complexity index is 721. The summed E-state index contributed by atoms with van der Waals surface area (Å²) in [4.78, 5) is 13.7. The molecule has 2 atom stereocenters. The first-order chi connectivity index (χ1) is 12.4. The Balaban J connectivity index is 1.75. The summed E-state index contributed by atoms with van der Waals surface area (Å²) in [5, 5.41) is 0. The van der Waals surface area contributed by atoms with Gasteiger partial charge in [-0.2, -0.15) is 0 Å². The van der Waals surface area contributed by atoms with Gasteiger partial charge in [0.15, 0.2) is 0 Å². The number of hydrogen-bond acceptors (Lipinski definition) is 2. The summed E-state index contributed by atoms with van der Waals surface area (Å²) >= 11 is 0. The van der Waals surface area contributed by atoms with Crippen LogP contribution in [0.3, 0.4) is 0 Å². The van der Waals surface area contributed by atoms with Gasteiger partial charge in [0.1, 0.15) is 0 Å². The second kappa shape index (κ2) is 7.96. The van der Waals surface area contributed by atoms with Crippen LogP contribution in [0.15, 0.2) is 60.7 Å². The molecular weight excluding hydrogens is 336 g/mol. The fraction of sp³-hybridized carbons (Fsp3) is 0.381. The van der Waals surface area contributed by atoms with Gasteiger partial charge in [-0.05, 0) is 11.1 Å². The van der Waals surface area contributed by atoms with E-state index >= 15 is 0 Å². The molecule has 0 aromatic heterocycles. The van der Waals surface area contributed by atoms with E-state index in [1.807, 2.05) is 60.7 Å². The van der Waals surface area contributed by atoms with E-state index in [9.17, 15) is 13.6 Å². The maximum atomic E-state index is 14.1. The molecule has 5 heteroatoms. The standard InChI is InChI=1S/C21H23F2NO2/c1-16(25)24(14-17-8-4-2-5-9-17)19-12-21(22,23)13-20(19)26-15-18-10-6-3-7-11-18/h2-11,19-20H,12-15H2,1H3. The van der Waals surface area contributed by atoms with E-state index in [-0.39, 0.29) is 25.4 Å². The van der Waals surface area contributed by atoms with Crippen LogP contribution in [0, 0.1) is 0 Å². The lowest BCUT2D eigenvalue weighted by atomic mass is 10.1. The van der Waals surface area contributed by atoms with Crippen molar-refractivity contribution in [3.05, 3.63) is 71.8 Å². The van der Waals surface area contributed by atoms with Gasteiger partial charge in [-0.1, -0.05) is 60.7 Å². The Hall–Kier alpha value is -2.27. The molecule has 1 saturated carbocycles. The van der Waals surface area contributed by atoms with Gasteiger partial charge in [-0.15, -0.1) is 0 Å². The maximum Gasteiger partial charge on any atom is 0.252 e. The highest BCUT2D eigenvalue weighted by atomic mass is 19.3. The molecule has 1 amide bonds. The van der Waals surface area contributed by atoms with Crippen LogP contribution in [0.1, 0.15) is 30.9 Å². The molecule has 2 aromatic rings. The lowest BCUT2D eigenvalue weighted by molar-refractivity contribution is -0.135. The summed E-state index contributed by atoms with van der Waals surface area (Å²) in [5.74, 6) is -3.04. The Morgan fingerprint density at radius 3 is 2.19 bits per heavy atom. The highest BCUT2D eigenvalue weighted by molar-refractivity contribution is 5.73. The van der Waals surface area contributed by atoms with E-state index in [0.717, 1.165) is 11.1 Å². The molecule has 1 aliphatic carbocycles. The van der Waals surface area contributed by atoms with Crippen molar-refractivity contribution in [1.82, 2.24) is 4.90 Å². The number of carbonyl (C=O) groups is 1. The molecular formula is C21H23F2NO2. The van der Waals surface area contributed by atoms with Crippen LogP contribution in [0.5, 0.6) is 0 Å². The summed E-state index contributed by atoms with van der Waals surface area (Å²) in [6.45, 7) is 1.99. The maximum absolute atomic E-state index is 14.1. The molecule has 0 N–H and O–H groups in total. The van der Waals surface area contributed by atoms with E-state index in [4.69, 9.17) is 4.74 Å². The summed E-state index contributed by atoms with van der Waals surface area (Å²) in [6.07, 6.45) is -1.40. The number of rotatable bonds is 6. The summed E-state index contributed by atoms with van der Waals surface area (Å²) < 4.78 is 34.1. The summed E-state index contributed by atoms with van der Waals surface area (Å²) in [6, 6.07) is 18.2. The van der Waals surface area contributed by atoms with Gasteiger partial charge in [-0.25, -0.2) is 8.78 Å². The molecule has 1 aliphatic rings. The molecule has 0 radical (unpaired) electrons. The Labute approximate surface area is 152 Å². The van der Waals surface area contributed by atoms with Gasteiger partial charge >= 0.3 is 0 Å². The Morgan fingerprint density at radius 2 is 1.62 bits per heavy atom. The van der Waals surface area contributed by atoms with Crippen molar-refractivity contribution in [2.75, 3.05) is 0 Å². The molecule has 0 heterocycles. The zero-order chi connectivity index (χ0) is 18.6. The van der Waals surface area contributed by atoms with Gasteiger partial charge in [0, 0.05) is 26.3 Å². The average molecular weight is 359 g/mol. The van der Waals surface area contributed by atoms with Crippen LogP contribution in [0.2, 0.25) is 0 Å². The number of amides is 1. The number of ether oxygens (including phenoxy) is 1. The third-order valence-electron chi connectivity index (χ3n) is 4.74. The molecule has 3 rings (SSSR count). The van der Waals surface area contributed by atoms with Crippen molar-refractivity contribution in [1.29, 1.82) is 0 Å². The third kappa shape index (κ3) is 4.67. The largest absolute Gasteiger partial charge is 0.371 e. The number of alkyl halides is 2. The van der Waals surface area contributed by atoms with Crippen molar-refractivity contribution in [2.45, 2.75) is 51.0 Å². The predicted octanol–water partition coefficient (Wildman–Crippen LogP) is 4.42. The molecule has 2 aromatic carbocycles. The Morgan fingerprint density at radius 1 is 1.04 bits per heavy atom. The molecule has 2 unspecified atom stereocenters. The topological polar surface area (TPSA) is 29.5 Å². The van der Waals surface area contributed by atoms with E-state index < -0.39 is 18.1 Å². The molecule has 0 aliphatic heterocycles. The minimum atomic E-state index is -2.82. The van der Waals surface area contributed by atoms with E-state index in [0.29, 0.717) is 6.54 Å². The second-order valence-electron chi connectivity index (χ2n) is 6.80. The SMILES string of the molecule is CC(=O)N(Cc1ccccc1)C1CC(F)(F)CC1OCc1ccccc1. The van der Waals surface area contributed by atoms with Crippen molar-refractivity contribution < 1.29 is 18.3 Å². The summed E-state index contributed by atoms with van der Waals surface area (Å²) in [5.41, 5.74) is 1.85. The smallest absolute Gasteiger partial charge is 0.252 e. The number of halogens is 2. The second-order valence-corrected chi connectivity index (χ2v) is 6.80.